The van der Waals surface area contributed by atoms with Gasteiger partial charge in [0.05, 0.1) is 5.92 Å². The van der Waals surface area contributed by atoms with Crippen LogP contribution in [0.4, 0.5) is 5.69 Å². The molecule has 1 aromatic rings. The molecule has 1 fully saturated rings. The van der Waals surface area contributed by atoms with E-state index in [1.807, 2.05) is 30.3 Å². The average Bonchev–Trinajstić information content (AvgIpc) is 2.56. The molecule has 1 aliphatic rings. The number of carboxylic acid groups (broad SMARTS) is 1. The van der Waals surface area contributed by atoms with E-state index in [0.29, 0.717) is 13.1 Å². The number of rotatable bonds is 2. The van der Waals surface area contributed by atoms with Crippen molar-refractivity contribution < 1.29 is 9.90 Å². The Bertz CT molecular complexity index is 353. The molecular formula is C12H16N2O2. The Kier molecular flexibility index (Phi) is 3.41. The van der Waals surface area contributed by atoms with Gasteiger partial charge in [0.1, 0.15) is 0 Å². The molecule has 1 aliphatic heterocycles. The lowest BCUT2D eigenvalue weighted by molar-refractivity contribution is -0.141. The summed E-state index contributed by atoms with van der Waals surface area (Å²) in [5, 5.41) is 12.2. The van der Waals surface area contributed by atoms with Gasteiger partial charge < -0.3 is 15.3 Å². The third kappa shape index (κ3) is 2.52. The van der Waals surface area contributed by atoms with Crippen molar-refractivity contribution in [3.05, 3.63) is 30.3 Å². The molecule has 0 amide bonds. The van der Waals surface area contributed by atoms with E-state index in [-0.39, 0.29) is 5.92 Å². The molecule has 0 radical (unpaired) electrons. The molecule has 0 saturated carbocycles. The van der Waals surface area contributed by atoms with Gasteiger partial charge in [-0.15, -0.1) is 0 Å². The summed E-state index contributed by atoms with van der Waals surface area (Å²) >= 11 is 0. The molecule has 2 rings (SSSR count). The topological polar surface area (TPSA) is 52.6 Å². The van der Waals surface area contributed by atoms with E-state index in [2.05, 4.69) is 10.2 Å². The van der Waals surface area contributed by atoms with Crippen LogP contribution in [0.25, 0.3) is 0 Å². The summed E-state index contributed by atoms with van der Waals surface area (Å²) in [6, 6.07) is 9.95. The van der Waals surface area contributed by atoms with Gasteiger partial charge in [-0.2, -0.15) is 0 Å². The summed E-state index contributed by atoms with van der Waals surface area (Å²) in [5.74, 6) is -1.06. The first-order chi connectivity index (χ1) is 7.77. The van der Waals surface area contributed by atoms with Gasteiger partial charge in [-0.05, 0) is 12.1 Å². The molecule has 0 bridgehead atoms. The molecule has 4 nitrogen and oxygen atoms in total. The Morgan fingerprint density at radius 2 is 2.12 bits per heavy atom. The van der Waals surface area contributed by atoms with Crippen molar-refractivity contribution in [2.24, 2.45) is 5.92 Å². The summed E-state index contributed by atoms with van der Waals surface area (Å²) in [6.45, 7) is 2.82. The zero-order chi connectivity index (χ0) is 11.4. The van der Waals surface area contributed by atoms with Crippen LogP contribution in [0.5, 0.6) is 0 Å². The minimum atomic E-state index is -0.727. The van der Waals surface area contributed by atoms with Gasteiger partial charge in [0.25, 0.3) is 0 Å². The molecule has 1 saturated heterocycles. The predicted octanol–water partition coefficient (Wildman–Crippen LogP) is 0.797. The normalized spacial score (nSPS) is 21.5. The van der Waals surface area contributed by atoms with Crippen LogP contribution >= 0.6 is 0 Å². The van der Waals surface area contributed by atoms with Crippen LogP contribution < -0.4 is 10.2 Å². The van der Waals surface area contributed by atoms with E-state index in [9.17, 15) is 4.79 Å². The minimum Gasteiger partial charge on any atom is -0.481 e. The zero-order valence-electron chi connectivity index (χ0n) is 9.10. The Labute approximate surface area is 94.9 Å². The smallest absolute Gasteiger partial charge is 0.309 e. The maximum atomic E-state index is 11.0. The van der Waals surface area contributed by atoms with Crippen molar-refractivity contribution in [1.29, 1.82) is 0 Å². The van der Waals surface area contributed by atoms with E-state index in [1.165, 1.54) is 0 Å². The molecule has 4 heteroatoms. The molecule has 1 heterocycles. The van der Waals surface area contributed by atoms with Crippen LogP contribution in [-0.4, -0.2) is 37.3 Å². The molecule has 0 spiro atoms. The summed E-state index contributed by atoms with van der Waals surface area (Å²) in [5.41, 5.74) is 1.09. The van der Waals surface area contributed by atoms with Gasteiger partial charge >= 0.3 is 5.97 Å². The van der Waals surface area contributed by atoms with Gasteiger partial charge in [0.2, 0.25) is 0 Å². The van der Waals surface area contributed by atoms with E-state index < -0.39 is 5.97 Å². The minimum absolute atomic E-state index is 0.331. The van der Waals surface area contributed by atoms with Crippen LogP contribution in [0, 0.1) is 5.92 Å². The molecule has 16 heavy (non-hydrogen) atoms. The van der Waals surface area contributed by atoms with Gasteiger partial charge in [0.15, 0.2) is 0 Å². The highest BCUT2D eigenvalue weighted by Crippen LogP contribution is 2.16. The summed E-state index contributed by atoms with van der Waals surface area (Å²) < 4.78 is 0. The maximum Gasteiger partial charge on any atom is 0.309 e. The quantitative estimate of drug-likeness (QED) is 0.774. The number of benzene rings is 1. The number of nitrogens with one attached hydrogen (secondary N) is 1. The van der Waals surface area contributed by atoms with Crippen molar-refractivity contribution in [1.82, 2.24) is 5.32 Å². The predicted molar refractivity (Wildman–Crippen MR) is 62.7 cm³/mol. The molecule has 86 valence electrons. The summed E-state index contributed by atoms with van der Waals surface area (Å²) in [6.07, 6.45) is 0. The van der Waals surface area contributed by atoms with Gasteiger partial charge in [-0.1, -0.05) is 18.2 Å². The third-order valence-electron chi connectivity index (χ3n) is 2.86. The number of para-hydroxylation sites is 1. The Hall–Kier alpha value is -1.55. The zero-order valence-corrected chi connectivity index (χ0v) is 9.10. The van der Waals surface area contributed by atoms with Crippen molar-refractivity contribution in [3.8, 4) is 0 Å². The Morgan fingerprint density at radius 3 is 2.81 bits per heavy atom. The van der Waals surface area contributed by atoms with Crippen molar-refractivity contribution in [3.63, 3.8) is 0 Å². The number of hydrogen-bond acceptors (Lipinski definition) is 3. The second-order valence-corrected chi connectivity index (χ2v) is 4.02. The highest BCUT2D eigenvalue weighted by atomic mass is 16.4. The highest BCUT2D eigenvalue weighted by molar-refractivity contribution is 5.71. The maximum absolute atomic E-state index is 11.0. The van der Waals surface area contributed by atoms with Crippen LogP contribution in [0.2, 0.25) is 0 Å². The Balaban J connectivity index is 2.12. The fourth-order valence-electron chi connectivity index (χ4n) is 1.95. The van der Waals surface area contributed by atoms with E-state index in [1.54, 1.807) is 0 Å². The number of carbonyl (C=O) groups is 1. The highest BCUT2D eigenvalue weighted by Gasteiger charge is 2.23. The molecule has 1 unspecified atom stereocenters. The molecule has 0 aromatic heterocycles. The number of hydrogen-bond donors (Lipinski definition) is 2. The summed E-state index contributed by atoms with van der Waals surface area (Å²) in [4.78, 5) is 13.1. The fourth-order valence-corrected chi connectivity index (χ4v) is 1.95. The van der Waals surface area contributed by atoms with Crippen LogP contribution in [-0.2, 0) is 4.79 Å². The summed E-state index contributed by atoms with van der Waals surface area (Å²) in [7, 11) is 0. The molecule has 1 atom stereocenters. The van der Waals surface area contributed by atoms with Crippen LogP contribution in [0.1, 0.15) is 0 Å². The Morgan fingerprint density at radius 1 is 1.38 bits per heavy atom. The number of nitrogens with zero attached hydrogens (tertiary/aromatic N) is 1. The van der Waals surface area contributed by atoms with Crippen LogP contribution in [0.3, 0.4) is 0 Å². The van der Waals surface area contributed by atoms with Gasteiger partial charge in [0, 0.05) is 31.9 Å². The largest absolute Gasteiger partial charge is 0.481 e. The van der Waals surface area contributed by atoms with E-state index in [4.69, 9.17) is 5.11 Å². The lowest BCUT2D eigenvalue weighted by Crippen LogP contribution is -2.33. The number of anilines is 1. The second kappa shape index (κ2) is 4.99. The van der Waals surface area contributed by atoms with Gasteiger partial charge in [-0.25, -0.2) is 0 Å². The first-order valence-electron chi connectivity index (χ1n) is 5.51. The average molecular weight is 220 g/mol. The van der Waals surface area contributed by atoms with Crippen molar-refractivity contribution >= 4 is 11.7 Å². The van der Waals surface area contributed by atoms with Gasteiger partial charge in [-0.3, -0.25) is 4.79 Å². The fraction of sp³-hybridized carbons (Fsp3) is 0.417. The number of aliphatic carboxylic acids is 1. The van der Waals surface area contributed by atoms with E-state index in [0.717, 1.165) is 18.8 Å². The lowest BCUT2D eigenvalue weighted by Gasteiger charge is -2.24. The second-order valence-electron chi connectivity index (χ2n) is 4.02. The van der Waals surface area contributed by atoms with E-state index >= 15 is 0 Å². The standard InChI is InChI=1S/C12H16N2O2/c15-12(16)10-8-13-6-7-14(9-10)11-4-2-1-3-5-11/h1-5,10,13H,6-9H2,(H,15,16). The SMILES string of the molecule is O=C(O)C1CNCCN(c2ccccc2)C1. The first kappa shape index (κ1) is 11.0. The molecule has 0 aliphatic carbocycles. The number of carboxylic acids is 1. The lowest BCUT2D eigenvalue weighted by atomic mass is 10.1. The van der Waals surface area contributed by atoms with Crippen molar-refractivity contribution in [2.75, 3.05) is 31.1 Å². The van der Waals surface area contributed by atoms with Crippen molar-refractivity contribution in [2.45, 2.75) is 0 Å². The van der Waals surface area contributed by atoms with Crippen LogP contribution in [0.15, 0.2) is 30.3 Å². The first-order valence-corrected chi connectivity index (χ1v) is 5.51. The third-order valence-corrected chi connectivity index (χ3v) is 2.86. The molecular weight excluding hydrogens is 204 g/mol. The molecule has 2 N–H and O–H groups in total. The monoisotopic (exact) mass is 220 g/mol. The molecule has 1 aromatic carbocycles.